The van der Waals surface area contributed by atoms with Crippen molar-refractivity contribution in [1.82, 2.24) is 14.8 Å². The molecule has 1 fully saturated rings. The van der Waals surface area contributed by atoms with Gasteiger partial charge in [-0.25, -0.2) is 4.98 Å². The second kappa shape index (κ2) is 13.4. The molecular formula is C33H36Cl2N4OS. The van der Waals surface area contributed by atoms with E-state index in [2.05, 4.69) is 39.9 Å². The number of thiazole rings is 1. The number of likely N-dealkylation sites (N-methyl/N-ethyl adjacent to an activating group) is 1. The van der Waals surface area contributed by atoms with Gasteiger partial charge in [0.05, 0.1) is 21.4 Å². The van der Waals surface area contributed by atoms with Crippen LogP contribution in [-0.2, 0) is 16.6 Å². The van der Waals surface area contributed by atoms with Gasteiger partial charge in [0, 0.05) is 19.5 Å². The van der Waals surface area contributed by atoms with Gasteiger partial charge in [0.15, 0.2) is 5.13 Å². The number of likely N-dealkylation sites (tertiary alicyclic amines) is 1. The standard InChI is InChI=1S/C33H36Cl2N4OS/c1-38(2)31(40)33(25-10-5-3-6-11-25,26-12-7-4-8-13-26)18-21-39-19-16-24(17-20-39)22-27-23-41-32(36-27)37-30-28(34)14-9-15-29(30)35/h3-15,23-24H,16-22H2,1-2H3,(H,36,37). The Hall–Kier alpha value is -2.90. The maximum absolute atomic E-state index is 13.9. The lowest BCUT2D eigenvalue weighted by molar-refractivity contribution is -0.133. The van der Waals surface area contributed by atoms with Crippen molar-refractivity contribution in [3.8, 4) is 0 Å². The summed E-state index contributed by atoms with van der Waals surface area (Å²) in [5.41, 5.74) is 3.16. The molecule has 8 heteroatoms. The van der Waals surface area contributed by atoms with Gasteiger partial charge < -0.3 is 15.1 Å². The van der Waals surface area contributed by atoms with Crippen LogP contribution in [0, 0.1) is 5.92 Å². The number of carbonyl (C=O) groups excluding carboxylic acids is 1. The molecule has 0 bridgehead atoms. The SMILES string of the molecule is CN(C)C(=O)C(CCN1CCC(Cc2csc(Nc3c(Cl)cccc3Cl)n2)CC1)(c1ccccc1)c1ccccc1. The third kappa shape index (κ3) is 6.78. The first kappa shape index (κ1) is 29.6. The van der Waals surface area contributed by atoms with Gasteiger partial charge in [-0.2, -0.15) is 0 Å². The zero-order chi connectivity index (χ0) is 28.8. The highest BCUT2D eigenvalue weighted by Gasteiger charge is 2.43. The van der Waals surface area contributed by atoms with Gasteiger partial charge in [-0.3, -0.25) is 4.79 Å². The quantitative estimate of drug-likeness (QED) is 0.199. The van der Waals surface area contributed by atoms with Crippen molar-refractivity contribution in [2.75, 3.05) is 39.0 Å². The number of para-hydroxylation sites is 1. The number of carbonyl (C=O) groups is 1. The Labute approximate surface area is 257 Å². The number of amides is 1. The summed E-state index contributed by atoms with van der Waals surface area (Å²) in [6, 6.07) is 26.0. The molecule has 3 aromatic carbocycles. The Morgan fingerprint density at radius 3 is 2.10 bits per heavy atom. The molecular weight excluding hydrogens is 571 g/mol. The zero-order valence-corrected chi connectivity index (χ0v) is 25.9. The summed E-state index contributed by atoms with van der Waals surface area (Å²) in [5, 5.41) is 7.37. The molecule has 0 saturated carbocycles. The van der Waals surface area contributed by atoms with Crippen LogP contribution in [0.3, 0.4) is 0 Å². The van der Waals surface area contributed by atoms with Gasteiger partial charge in [0.25, 0.3) is 0 Å². The molecule has 2 heterocycles. The van der Waals surface area contributed by atoms with Crippen molar-refractivity contribution >= 4 is 51.3 Å². The van der Waals surface area contributed by atoms with Crippen LogP contribution in [0.4, 0.5) is 10.8 Å². The summed E-state index contributed by atoms with van der Waals surface area (Å²) < 4.78 is 0. The normalized spacial score (nSPS) is 14.6. The van der Waals surface area contributed by atoms with Crippen molar-refractivity contribution in [2.24, 2.45) is 5.92 Å². The summed E-state index contributed by atoms with van der Waals surface area (Å²) in [5.74, 6) is 0.706. The minimum Gasteiger partial charge on any atom is -0.348 e. The first-order chi connectivity index (χ1) is 19.9. The average molecular weight is 608 g/mol. The molecule has 1 saturated heterocycles. The number of benzene rings is 3. The fourth-order valence-corrected chi connectivity index (χ4v) is 7.07. The van der Waals surface area contributed by atoms with Crippen LogP contribution in [-0.4, -0.2) is 54.4 Å². The topological polar surface area (TPSA) is 48.5 Å². The predicted molar refractivity (Wildman–Crippen MR) is 172 cm³/mol. The van der Waals surface area contributed by atoms with Crippen LogP contribution < -0.4 is 5.32 Å². The molecule has 0 atom stereocenters. The van der Waals surface area contributed by atoms with Gasteiger partial charge in [-0.05, 0) is 74.5 Å². The lowest BCUT2D eigenvalue weighted by Crippen LogP contribution is -2.47. The monoisotopic (exact) mass is 606 g/mol. The molecule has 0 unspecified atom stereocenters. The Bertz CT molecular complexity index is 1380. The summed E-state index contributed by atoms with van der Waals surface area (Å²) in [6.07, 6.45) is 3.91. The first-order valence-electron chi connectivity index (χ1n) is 14.1. The van der Waals surface area contributed by atoms with E-state index in [4.69, 9.17) is 28.2 Å². The van der Waals surface area contributed by atoms with Gasteiger partial charge in [-0.1, -0.05) is 89.9 Å². The van der Waals surface area contributed by atoms with E-state index < -0.39 is 5.41 Å². The predicted octanol–water partition coefficient (Wildman–Crippen LogP) is 7.91. The number of rotatable bonds is 10. The number of hydrogen-bond donors (Lipinski definition) is 1. The fraction of sp³-hybridized carbons (Fsp3) is 0.333. The molecule has 0 spiro atoms. The van der Waals surface area contributed by atoms with Crippen LogP contribution in [0.25, 0.3) is 0 Å². The number of hydrogen-bond acceptors (Lipinski definition) is 5. The van der Waals surface area contributed by atoms with Crippen LogP contribution in [0.2, 0.25) is 10.0 Å². The van der Waals surface area contributed by atoms with Gasteiger partial charge in [-0.15, -0.1) is 11.3 Å². The van der Waals surface area contributed by atoms with E-state index in [-0.39, 0.29) is 5.91 Å². The van der Waals surface area contributed by atoms with E-state index in [0.717, 1.165) is 67.3 Å². The number of halogens is 2. The molecule has 4 aromatic rings. The molecule has 5 nitrogen and oxygen atoms in total. The van der Waals surface area contributed by atoms with Crippen molar-refractivity contribution in [3.05, 3.63) is 111 Å². The van der Waals surface area contributed by atoms with Crippen LogP contribution in [0.5, 0.6) is 0 Å². The Balaban J connectivity index is 1.23. The van der Waals surface area contributed by atoms with Crippen molar-refractivity contribution < 1.29 is 4.79 Å². The maximum atomic E-state index is 13.9. The number of aromatic nitrogens is 1. The van der Waals surface area contributed by atoms with E-state index in [9.17, 15) is 4.79 Å². The molecule has 0 aliphatic carbocycles. The minimum absolute atomic E-state index is 0.121. The summed E-state index contributed by atoms with van der Waals surface area (Å²) in [6.45, 7) is 2.90. The molecule has 0 radical (unpaired) electrons. The molecule has 1 aliphatic rings. The van der Waals surface area contributed by atoms with E-state index in [1.54, 1.807) is 16.2 Å². The Morgan fingerprint density at radius 1 is 0.951 bits per heavy atom. The van der Waals surface area contributed by atoms with Crippen molar-refractivity contribution in [2.45, 2.75) is 31.1 Å². The summed E-state index contributed by atoms with van der Waals surface area (Å²) in [4.78, 5) is 23.0. The third-order valence-electron chi connectivity index (χ3n) is 8.06. The smallest absolute Gasteiger partial charge is 0.237 e. The molecule has 1 amide bonds. The van der Waals surface area contributed by atoms with E-state index in [0.29, 0.717) is 21.7 Å². The number of piperidine rings is 1. The molecule has 214 valence electrons. The number of nitrogens with one attached hydrogen (secondary N) is 1. The van der Waals surface area contributed by atoms with Crippen molar-refractivity contribution in [3.63, 3.8) is 0 Å². The molecule has 1 aromatic heterocycles. The third-order valence-corrected chi connectivity index (χ3v) is 9.50. The van der Waals surface area contributed by atoms with E-state index in [1.807, 2.05) is 68.7 Å². The van der Waals surface area contributed by atoms with Crippen molar-refractivity contribution in [1.29, 1.82) is 0 Å². The summed E-state index contributed by atoms with van der Waals surface area (Å²) >= 11 is 14.2. The lowest BCUT2D eigenvalue weighted by Gasteiger charge is -2.39. The average Bonchev–Trinajstić information content (AvgIpc) is 3.44. The van der Waals surface area contributed by atoms with E-state index >= 15 is 0 Å². The minimum atomic E-state index is -0.725. The van der Waals surface area contributed by atoms with Gasteiger partial charge >= 0.3 is 0 Å². The maximum Gasteiger partial charge on any atom is 0.237 e. The van der Waals surface area contributed by atoms with Crippen LogP contribution in [0.15, 0.2) is 84.2 Å². The highest BCUT2D eigenvalue weighted by Crippen LogP contribution is 2.38. The van der Waals surface area contributed by atoms with E-state index in [1.165, 1.54) is 0 Å². The fourth-order valence-electron chi connectivity index (χ4n) is 5.85. The van der Waals surface area contributed by atoms with Crippen LogP contribution >= 0.6 is 34.5 Å². The Kier molecular flexibility index (Phi) is 9.66. The number of nitrogens with zero attached hydrogens (tertiary/aromatic N) is 3. The van der Waals surface area contributed by atoms with Crippen LogP contribution in [0.1, 0.15) is 36.1 Å². The zero-order valence-electron chi connectivity index (χ0n) is 23.5. The highest BCUT2D eigenvalue weighted by atomic mass is 35.5. The molecule has 41 heavy (non-hydrogen) atoms. The largest absolute Gasteiger partial charge is 0.348 e. The molecule has 1 N–H and O–H groups in total. The first-order valence-corrected chi connectivity index (χ1v) is 15.7. The molecule has 1 aliphatic heterocycles. The molecule has 5 rings (SSSR count). The van der Waals surface area contributed by atoms with Gasteiger partial charge in [0.2, 0.25) is 5.91 Å². The van der Waals surface area contributed by atoms with Gasteiger partial charge in [0.1, 0.15) is 5.41 Å². The summed E-state index contributed by atoms with van der Waals surface area (Å²) in [7, 11) is 3.72. The lowest BCUT2D eigenvalue weighted by atomic mass is 9.70. The highest BCUT2D eigenvalue weighted by molar-refractivity contribution is 7.13. The Morgan fingerprint density at radius 2 is 1.54 bits per heavy atom. The second-order valence-corrected chi connectivity index (χ2v) is 12.6. The number of anilines is 2. The second-order valence-electron chi connectivity index (χ2n) is 10.9.